The number of nitrogens with one attached hydrogen (secondary N) is 1. The molecule has 18 heavy (non-hydrogen) atoms. The fourth-order valence-corrected chi connectivity index (χ4v) is 2.29. The molecule has 92 valence electrons. The average Bonchev–Trinajstić information content (AvgIpc) is 2.28. The van der Waals surface area contributed by atoms with Gasteiger partial charge in [-0.05, 0) is 58.7 Å². The first-order valence-electron chi connectivity index (χ1n) is 5.49. The Morgan fingerprint density at radius 2 is 2.00 bits per heavy atom. The van der Waals surface area contributed by atoms with Crippen LogP contribution in [0.1, 0.15) is 15.9 Å². The third-order valence-corrected chi connectivity index (χ3v) is 3.17. The van der Waals surface area contributed by atoms with E-state index in [1.165, 1.54) is 0 Å². The van der Waals surface area contributed by atoms with Crippen LogP contribution in [0, 0.1) is 6.92 Å². The Kier molecular flexibility index (Phi) is 3.67. The van der Waals surface area contributed by atoms with Crippen LogP contribution in [-0.4, -0.2) is 5.91 Å². The zero-order valence-corrected chi connectivity index (χ0v) is 11.5. The third-order valence-electron chi connectivity index (χ3n) is 2.51. The Balaban J connectivity index is 2.22. The SMILES string of the molecule is Cc1ccc(C(=O)Nc2cccc(N)c2)c(Br)c1. The number of carbonyl (C=O) groups is 1. The molecule has 0 bridgehead atoms. The van der Waals surface area contributed by atoms with E-state index in [9.17, 15) is 4.79 Å². The third kappa shape index (κ3) is 2.90. The van der Waals surface area contributed by atoms with E-state index in [-0.39, 0.29) is 5.91 Å². The summed E-state index contributed by atoms with van der Waals surface area (Å²) in [6.45, 7) is 1.98. The molecule has 1 amide bonds. The van der Waals surface area contributed by atoms with Crippen molar-refractivity contribution in [2.75, 3.05) is 11.1 Å². The lowest BCUT2D eigenvalue weighted by Crippen LogP contribution is -2.12. The van der Waals surface area contributed by atoms with E-state index in [1.54, 1.807) is 30.3 Å². The normalized spacial score (nSPS) is 10.1. The van der Waals surface area contributed by atoms with E-state index in [2.05, 4.69) is 21.2 Å². The van der Waals surface area contributed by atoms with Crippen LogP contribution in [0.15, 0.2) is 46.9 Å². The number of hydrogen-bond acceptors (Lipinski definition) is 2. The highest BCUT2D eigenvalue weighted by Crippen LogP contribution is 2.20. The van der Waals surface area contributed by atoms with E-state index < -0.39 is 0 Å². The van der Waals surface area contributed by atoms with Crippen molar-refractivity contribution in [2.45, 2.75) is 6.92 Å². The quantitative estimate of drug-likeness (QED) is 0.833. The van der Waals surface area contributed by atoms with Gasteiger partial charge in [-0.3, -0.25) is 4.79 Å². The number of aryl methyl sites for hydroxylation is 1. The lowest BCUT2D eigenvalue weighted by atomic mass is 10.1. The number of amides is 1. The fourth-order valence-electron chi connectivity index (χ4n) is 1.62. The summed E-state index contributed by atoms with van der Waals surface area (Å²) in [5.74, 6) is -0.160. The van der Waals surface area contributed by atoms with Gasteiger partial charge in [0, 0.05) is 15.8 Å². The van der Waals surface area contributed by atoms with Gasteiger partial charge in [0.25, 0.3) is 5.91 Å². The molecular formula is C14H13BrN2O. The first-order chi connectivity index (χ1) is 8.56. The second kappa shape index (κ2) is 5.23. The number of hydrogen-bond donors (Lipinski definition) is 2. The molecule has 4 heteroatoms. The number of halogens is 1. The summed E-state index contributed by atoms with van der Waals surface area (Å²) in [7, 11) is 0. The van der Waals surface area contributed by atoms with Crippen molar-refractivity contribution < 1.29 is 4.79 Å². The Hall–Kier alpha value is -1.81. The lowest BCUT2D eigenvalue weighted by Gasteiger charge is -2.08. The van der Waals surface area contributed by atoms with Crippen molar-refractivity contribution in [3.05, 3.63) is 58.1 Å². The van der Waals surface area contributed by atoms with Gasteiger partial charge >= 0.3 is 0 Å². The summed E-state index contributed by atoms with van der Waals surface area (Å²) in [4.78, 5) is 12.1. The number of anilines is 2. The van der Waals surface area contributed by atoms with E-state index in [1.807, 2.05) is 19.1 Å². The van der Waals surface area contributed by atoms with Crippen molar-refractivity contribution in [1.29, 1.82) is 0 Å². The summed E-state index contributed by atoms with van der Waals surface area (Å²) in [6.07, 6.45) is 0. The molecule has 0 radical (unpaired) electrons. The second-order valence-corrected chi connectivity index (χ2v) is 4.92. The maximum absolute atomic E-state index is 12.1. The van der Waals surface area contributed by atoms with Gasteiger partial charge in [-0.1, -0.05) is 12.1 Å². The second-order valence-electron chi connectivity index (χ2n) is 4.06. The summed E-state index contributed by atoms with van der Waals surface area (Å²) < 4.78 is 0.781. The van der Waals surface area contributed by atoms with Crippen molar-refractivity contribution in [3.63, 3.8) is 0 Å². The van der Waals surface area contributed by atoms with Crippen LogP contribution in [-0.2, 0) is 0 Å². The van der Waals surface area contributed by atoms with Gasteiger partial charge in [-0.15, -0.1) is 0 Å². The minimum Gasteiger partial charge on any atom is -0.399 e. The van der Waals surface area contributed by atoms with Crippen molar-refractivity contribution in [1.82, 2.24) is 0 Å². The van der Waals surface area contributed by atoms with Crippen molar-refractivity contribution >= 4 is 33.2 Å². The first kappa shape index (κ1) is 12.6. The zero-order valence-electron chi connectivity index (χ0n) is 9.91. The number of nitrogen functional groups attached to an aromatic ring is 1. The van der Waals surface area contributed by atoms with Gasteiger partial charge in [0.15, 0.2) is 0 Å². The molecule has 0 spiro atoms. The lowest BCUT2D eigenvalue weighted by molar-refractivity contribution is 0.102. The Morgan fingerprint density at radius 1 is 1.22 bits per heavy atom. The minimum absolute atomic E-state index is 0.160. The highest BCUT2D eigenvalue weighted by molar-refractivity contribution is 9.10. The monoisotopic (exact) mass is 304 g/mol. The van der Waals surface area contributed by atoms with Crippen LogP contribution in [0.2, 0.25) is 0 Å². The van der Waals surface area contributed by atoms with Crippen LogP contribution >= 0.6 is 15.9 Å². The summed E-state index contributed by atoms with van der Waals surface area (Å²) in [5, 5.41) is 2.81. The molecule has 0 aliphatic carbocycles. The fraction of sp³-hybridized carbons (Fsp3) is 0.0714. The Labute approximate surface area is 114 Å². The smallest absolute Gasteiger partial charge is 0.256 e. The van der Waals surface area contributed by atoms with E-state index in [0.717, 1.165) is 10.0 Å². The van der Waals surface area contributed by atoms with Gasteiger partial charge in [0.05, 0.1) is 5.56 Å². The summed E-state index contributed by atoms with van der Waals surface area (Å²) in [5.41, 5.74) is 8.67. The van der Waals surface area contributed by atoms with Crippen LogP contribution in [0.5, 0.6) is 0 Å². The summed E-state index contributed by atoms with van der Waals surface area (Å²) in [6, 6.07) is 12.7. The molecule has 0 atom stereocenters. The van der Waals surface area contributed by atoms with Crippen molar-refractivity contribution in [3.8, 4) is 0 Å². The highest BCUT2D eigenvalue weighted by Gasteiger charge is 2.10. The van der Waals surface area contributed by atoms with Crippen LogP contribution < -0.4 is 11.1 Å². The van der Waals surface area contributed by atoms with Crippen molar-refractivity contribution in [2.24, 2.45) is 0 Å². The van der Waals surface area contributed by atoms with Gasteiger partial charge in [0.1, 0.15) is 0 Å². The predicted molar refractivity (Wildman–Crippen MR) is 77.7 cm³/mol. The largest absolute Gasteiger partial charge is 0.399 e. The standard InChI is InChI=1S/C14H13BrN2O/c1-9-5-6-12(13(15)7-9)14(18)17-11-4-2-3-10(16)8-11/h2-8H,16H2,1H3,(H,17,18). The molecule has 0 aromatic heterocycles. The molecule has 2 rings (SSSR count). The number of nitrogens with two attached hydrogens (primary N) is 1. The zero-order chi connectivity index (χ0) is 13.1. The maximum Gasteiger partial charge on any atom is 0.256 e. The number of benzene rings is 2. The van der Waals surface area contributed by atoms with Gasteiger partial charge in [-0.2, -0.15) is 0 Å². The van der Waals surface area contributed by atoms with Gasteiger partial charge in [-0.25, -0.2) is 0 Å². The molecule has 0 aliphatic rings. The molecule has 3 nitrogen and oxygen atoms in total. The van der Waals surface area contributed by atoms with Crippen LogP contribution in [0.3, 0.4) is 0 Å². The predicted octanol–water partition coefficient (Wildman–Crippen LogP) is 3.59. The summed E-state index contributed by atoms with van der Waals surface area (Å²) >= 11 is 3.39. The number of carbonyl (C=O) groups excluding carboxylic acids is 1. The van der Waals surface area contributed by atoms with E-state index >= 15 is 0 Å². The molecule has 0 fully saturated rings. The molecular weight excluding hydrogens is 292 g/mol. The average molecular weight is 305 g/mol. The van der Waals surface area contributed by atoms with Gasteiger partial charge in [0.2, 0.25) is 0 Å². The molecule has 0 saturated carbocycles. The van der Waals surface area contributed by atoms with E-state index in [0.29, 0.717) is 16.9 Å². The molecule has 0 aliphatic heterocycles. The Bertz CT molecular complexity index is 596. The first-order valence-corrected chi connectivity index (χ1v) is 6.28. The highest BCUT2D eigenvalue weighted by atomic mass is 79.9. The molecule has 0 saturated heterocycles. The molecule has 2 aromatic rings. The maximum atomic E-state index is 12.1. The molecule has 3 N–H and O–H groups in total. The minimum atomic E-state index is -0.160. The molecule has 2 aromatic carbocycles. The van der Waals surface area contributed by atoms with Crippen LogP contribution in [0.4, 0.5) is 11.4 Å². The van der Waals surface area contributed by atoms with Gasteiger partial charge < -0.3 is 11.1 Å². The Morgan fingerprint density at radius 3 is 2.67 bits per heavy atom. The molecule has 0 unspecified atom stereocenters. The number of rotatable bonds is 2. The molecule has 0 heterocycles. The topological polar surface area (TPSA) is 55.1 Å². The van der Waals surface area contributed by atoms with E-state index in [4.69, 9.17) is 5.73 Å². The van der Waals surface area contributed by atoms with Crippen LogP contribution in [0.25, 0.3) is 0 Å².